The number of nitrogens with two attached hydrogens (primary N) is 1. The zero-order valence-electron chi connectivity index (χ0n) is 10.5. The molecule has 6 heteroatoms. The number of hydrogen-bond acceptors (Lipinski definition) is 5. The molecule has 2 heterocycles. The Labute approximate surface area is 114 Å². The largest absolute Gasteiger partial charge is 0.337 e. The highest BCUT2D eigenvalue weighted by molar-refractivity contribution is 9.10. The fourth-order valence-corrected chi connectivity index (χ4v) is 1.81. The Morgan fingerprint density at radius 2 is 2.11 bits per heavy atom. The van der Waals surface area contributed by atoms with Crippen molar-refractivity contribution in [3.8, 4) is 11.5 Å². The molecule has 0 saturated heterocycles. The molecular formula is C12H15BrN4O. The Morgan fingerprint density at radius 1 is 1.39 bits per heavy atom. The summed E-state index contributed by atoms with van der Waals surface area (Å²) in [6.45, 7) is 6.08. The van der Waals surface area contributed by atoms with Crippen molar-refractivity contribution in [2.24, 2.45) is 11.1 Å². The molecule has 18 heavy (non-hydrogen) atoms. The lowest BCUT2D eigenvalue weighted by Crippen LogP contribution is -2.26. The Morgan fingerprint density at radius 3 is 2.72 bits per heavy atom. The van der Waals surface area contributed by atoms with Crippen molar-refractivity contribution in [2.45, 2.75) is 26.8 Å². The van der Waals surface area contributed by atoms with Gasteiger partial charge in [0.05, 0.1) is 6.04 Å². The first kappa shape index (κ1) is 13.2. The van der Waals surface area contributed by atoms with Gasteiger partial charge in [0.25, 0.3) is 0 Å². The van der Waals surface area contributed by atoms with Crippen LogP contribution >= 0.6 is 15.9 Å². The molecule has 2 rings (SSSR count). The van der Waals surface area contributed by atoms with Gasteiger partial charge in [0.2, 0.25) is 11.7 Å². The molecule has 0 spiro atoms. The van der Waals surface area contributed by atoms with E-state index in [9.17, 15) is 0 Å². The highest BCUT2D eigenvalue weighted by atomic mass is 79.9. The van der Waals surface area contributed by atoms with Gasteiger partial charge in [0, 0.05) is 10.7 Å². The van der Waals surface area contributed by atoms with Crippen molar-refractivity contribution in [3.05, 3.63) is 28.7 Å². The molecule has 0 saturated carbocycles. The Kier molecular flexibility index (Phi) is 3.49. The van der Waals surface area contributed by atoms with Gasteiger partial charge in [0.15, 0.2) is 0 Å². The molecule has 0 fully saturated rings. The molecule has 0 aromatic carbocycles. The van der Waals surface area contributed by atoms with Gasteiger partial charge < -0.3 is 10.3 Å². The van der Waals surface area contributed by atoms with Crippen LogP contribution in [0.25, 0.3) is 11.5 Å². The van der Waals surface area contributed by atoms with Gasteiger partial charge in [0.1, 0.15) is 5.69 Å². The highest BCUT2D eigenvalue weighted by Gasteiger charge is 2.28. The van der Waals surface area contributed by atoms with Gasteiger partial charge in [-0.3, -0.25) is 4.98 Å². The van der Waals surface area contributed by atoms with Gasteiger partial charge in [-0.05, 0) is 33.5 Å². The third-order valence-corrected chi connectivity index (χ3v) is 3.25. The summed E-state index contributed by atoms with van der Waals surface area (Å²) < 4.78 is 6.04. The molecule has 2 aromatic rings. The maximum atomic E-state index is 6.07. The molecule has 0 amide bonds. The van der Waals surface area contributed by atoms with Crippen LogP contribution in [0.1, 0.15) is 32.7 Å². The molecule has 1 atom stereocenters. The lowest BCUT2D eigenvalue weighted by molar-refractivity contribution is 0.253. The van der Waals surface area contributed by atoms with Crippen LogP contribution in [0, 0.1) is 5.41 Å². The van der Waals surface area contributed by atoms with Crippen LogP contribution < -0.4 is 5.73 Å². The fraction of sp³-hybridized carbons (Fsp3) is 0.417. The Bertz CT molecular complexity index is 547. The summed E-state index contributed by atoms with van der Waals surface area (Å²) in [6, 6.07) is 3.40. The van der Waals surface area contributed by atoms with E-state index in [1.54, 1.807) is 6.20 Å². The van der Waals surface area contributed by atoms with Gasteiger partial charge in [-0.15, -0.1) is 0 Å². The SMILES string of the molecule is CC(C)(C)C(N)c1nc(-c2ncccc2Br)no1. The van der Waals surface area contributed by atoms with Gasteiger partial charge in [-0.1, -0.05) is 25.9 Å². The van der Waals surface area contributed by atoms with E-state index in [0.717, 1.165) is 4.47 Å². The molecule has 0 aliphatic carbocycles. The van der Waals surface area contributed by atoms with Crippen molar-refractivity contribution in [2.75, 3.05) is 0 Å². The molecule has 5 nitrogen and oxygen atoms in total. The first-order valence-electron chi connectivity index (χ1n) is 5.59. The van der Waals surface area contributed by atoms with E-state index in [0.29, 0.717) is 17.4 Å². The van der Waals surface area contributed by atoms with Crippen LogP contribution in [0.3, 0.4) is 0 Å². The quantitative estimate of drug-likeness (QED) is 0.922. The summed E-state index contributed by atoms with van der Waals surface area (Å²) in [4.78, 5) is 8.52. The molecule has 0 aliphatic rings. The lowest BCUT2D eigenvalue weighted by Gasteiger charge is -2.23. The molecule has 0 bridgehead atoms. The van der Waals surface area contributed by atoms with Gasteiger partial charge in [-0.25, -0.2) is 0 Å². The number of rotatable bonds is 2. The second-order valence-electron chi connectivity index (χ2n) is 5.13. The van der Waals surface area contributed by atoms with Crippen molar-refractivity contribution >= 4 is 15.9 Å². The molecule has 1 unspecified atom stereocenters. The second-order valence-corrected chi connectivity index (χ2v) is 5.99. The smallest absolute Gasteiger partial charge is 0.244 e. The van der Waals surface area contributed by atoms with Crippen LogP contribution in [-0.4, -0.2) is 15.1 Å². The summed E-state index contributed by atoms with van der Waals surface area (Å²) in [5.74, 6) is 0.868. The monoisotopic (exact) mass is 310 g/mol. The predicted molar refractivity (Wildman–Crippen MR) is 71.6 cm³/mol. The Hall–Kier alpha value is -1.27. The summed E-state index contributed by atoms with van der Waals surface area (Å²) in [6.07, 6.45) is 1.68. The van der Waals surface area contributed by atoms with Crippen molar-refractivity contribution in [1.82, 2.24) is 15.1 Å². The minimum absolute atomic E-state index is 0.134. The normalized spacial score (nSPS) is 13.6. The zero-order chi connectivity index (χ0) is 13.3. The molecule has 2 N–H and O–H groups in total. The fourth-order valence-electron chi connectivity index (χ4n) is 1.38. The molecule has 2 aromatic heterocycles. The number of aromatic nitrogens is 3. The first-order chi connectivity index (χ1) is 8.39. The van der Waals surface area contributed by atoms with E-state index < -0.39 is 0 Å². The Balaban J connectivity index is 2.35. The molecule has 96 valence electrons. The second kappa shape index (κ2) is 4.78. The predicted octanol–water partition coefficient (Wildman–Crippen LogP) is 2.94. The van der Waals surface area contributed by atoms with E-state index in [1.807, 2.05) is 32.9 Å². The van der Waals surface area contributed by atoms with Crippen molar-refractivity contribution in [1.29, 1.82) is 0 Å². The van der Waals surface area contributed by atoms with Gasteiger partial charge in [-0.2, -0.15) is 4.98 Å². The van der Waals surface area contributed by atoms with Crippen LogP contribution in [-0.2, 0) is 0 Å². The van der Waals surface area contributed by atoms with Crippen molar-refractivity contribution in [3.63, 3.8) is 0 Å². The van der Waals surface area contributed by atoms with Crippen LogP contribution in [0.5, 0.6) is 0 Å². The van der Waals surface area contributed by atoms with E-state index in [-0.39, 0.29) is 11.5 Å². The standard InChI is InChI=1S/C12H15BrN4O/c1-12(2,3)9(14)11-16-10(17-18-11)8-7(13)5-4-6-15-8/h4-6,9H,14H2,1-3H3. The maximum absolute atomic E-state index is 6.07. The zero-order valence-corrected chi connectivity index (χ0v) is 12.1. The average molecular weight is 311 g/mol. The van der Waals surface area contributed by atoms with E-state index in [2.05, 4.69) is 31.1 Å². The minimum Gasteiger partial charge on any atom is -0.337 e. The van der Waals surface area contributed by atoms with Crippen molar-refractivity contribution < 1.29 is 4.52 Å². The third kappa shape index (κ3) is 2.59. The summed E-state index contributed by atoms with van der Waals surface area (Å²) >= 11 is 3.40. The third-order valence-electron chi connectivity index (χ3n) is 2.61. The molecular weight excluding hydrogens is 296 g/mol. The first-order valence-corrected chi connectivity index (χ1v) is 6.39. The minimum atomic E-state index is -0.304. The van der Waals surface area contributed by atoms with Gasteiger partial charge >= 0.3 is 0 Å². The number of halogens is 1. The summed E-state index contributed by atoms with van der Waals surface area (Å²) in [5.41, 5.74) is 6.59. The van der Waals surface area contributed by atoms with E-state index in [1.165, 1.54) is 0 Å². The number of pyridine rings is 1. The summed E-state index contributed by atoms with van der Waals surface area (Å²) in [7, 11) is 0. The summed E-state index contributed by atoms with van der Waals surface area (Å²) in [5, 5.41) is 3.92. The average Bonchev–Trinajstić information content (AvgIpc) is 2.76. The molecule has 0 aliphatic heterocycles. The molecule has 0 radical (unpaired) electrons. The van der Waals surface area contributed by atoms with E-state index in [4.69, 9.17) is 10.3 Å². The van der Waals surface area contributed by atoms with Crippen LogP contribution in [0.2, 0.25) is 0 Å². The van der Waals surface area contributed by atoms with E-state index >= 15 is 0 Å². The lowest BCUT2D eigenvalue weighted by atomic mass is 9.87. The highest BCUT2D eigenvalue weighted by Crippen LogP contribution is 2.31. The maximum Gasteiger partial charge on any atom is 0.244 e. The number of hydrogen-bond donors (Lipinski definition) is 1. The number of nitrogens with zero attached hydrogens (tertiary/aromatic N) is 3. The van der Waals surface area contributed by atoms with Crippen LogP contribution in [0.4, 0.5) is 0 Å². The topological polar surface area (TPSA) is 77.8 Å². The van der Waals surface area contributed by atoms with Crippen LogP contribution in [0.15, 0.2) is 27.3 Å².